The summed E-state index contributed by atoms with van der Waals surface area (Å²) in [5, 5.41) is 6.55. The smallest absolute Gasteiger partial charge is 0.218 e. The first-order chi connectivity index (χ1) is 13.8. The number of halogens is 1. The van der Waals surface area contributed by atoms with Gasteiger partial charge < -0.3 is 29.3 Å². The fourth-order valence-electron chi connectivity index (χ4n) is 2.35. The third-order valence-electron chi connectivity index (χ3n) is 3.71. The third-order valence-corrected chi connectivity index (χ3v) is 3.71. The molecule has 8 nitrogen and oxygen atoms in total. The van der Waals surface area contributed by atoms with Crippen LogP contribution in [-0.2, 0) is 22.6 Å². The predicted molar refractivity (Wildman–Crippen MR) is 123 cm³/mol. The Morgan fingerprint density at radius 1 is 1.17 bits per heavy atom. The first kappa shape index (κ1) is 25.2. The van der Waals surface area contributed by atoms with Gasteiger partial charge in [0.25, 0.3) is 0 Å². The molecule has 2 N–H and O–H groups in total. The molecule has 2 heterocycles. The summed E-state index contributed by atoms with van der Waals surface area (Å²) in [6.07, 6.45) is 4.22. The van der Waals surface area contributed by atoms with Gasteiger partial charge in [0.05, 0.1) is 19.4 Å². The summed E-state index contributed by atoms with van der Waals surface area (Å²) in [7, 11) is 1.64. The molecule has 0 unspecified atom stereocenters. The van der Waals surface area contributed by atoms with Gasteiger partial charge in [-0.1, -0.05) is 6.07 Å². The van der Waals surface area contributed by atoms with Gasteiger partial charge in [-0.3, -0.25) is 0 Å². The molecule has 162 valence electrons. The molecule has 0 radical (unpaired) electrons. The Morgan fingerprint density at radius 3 is 2.83 bits per heavy atom. The average molecular weight is 518 g/mol. The van der Waals surface area contributed by atoms with Gasteiger partial charge in [0, 0.05) is 38.6 Å². The number of aliphatic imine (C=N–C) groups is 1. The topological polar surface area (TPSA) is 90.1 Å². The van der Waals surface area contributed by atoms with Crippen LogP contribution in [-0.4, -0.2) is 51.0 Å². The second kappa shape index (κ2) is 16.0. The van der Waals surface area contributed by atoms with Crippen molar-refractivity contribution in [1.82, 2.24) is 15.6 Å². The van der Waals surface area contributed by atoms with Crippen LogP contribution in [0, 0.1) is 0 Å². The SMILES string of the molecule is CCNC(=NCc1cccnc1OCCOC)NCCCOCc1ccco1.I. The zero-order chi connectivity index (χ0) is 19.9. The normalized spacial score (nSPS) is 11.0. The maximum atomic E-state index is 5.66. The number of rotatable bonds is 13. The van der Waals surface area contributed by atoms with Crippen molar-refractivity contribution in [3.8, 4) is 5.88 Å². The zero-order valence-corrected chi connectivity index (χ0v) is 19.4. The predicted octanol–water partition coefficient (Wildman–Crippen LogP) is 2.98. The fourth-order valence-corrected chi connectivity index (χ4v) is 2.35. The summed E-state index contributed by atoms with van der Waals surface area (Å²) >= 11 is 0. The van der Waals surface area contributed by atoms with Gasteiger partial charge in [-0.05, 0) is 31.5 Å². The van der Waals surface area contributed by atoms with Crippen molar-refractivity contribution >= 4 is 29.9 Å². The van der Waals surface area contributed by atoms with Crippen molar-refractivity contribution < 1.29 is 18.6 Å². The molecule has 0 aliphatic carbocycles. The van der Waals surface area contributed by atoms with Crippen LogP contribution in [0.2, 0.25) is 0 Å². The molecular weight excluding hydrogens is 487 g/mol. The molecule has 0 aliphatic heterocycles. The molecule has 9 heteroatoms. The number of ether oxygens (including phenoxy) is 3. The highest BCUT2D eigenvalue weighted by molar-refractivity contribution is 14.0. The van der Waals surface area contributed by atoms with Gasteiger partial charge in [0.1, 0.15) is 19.0 Å². The maximum Gasteiger partial charge on any atom is 0.218 e. The van der Waals surface area contributed by atoms with Crippen molar-refractivity contribution in [1.29, 1.82) is 0 Å². The second-order valence-corrected chi connectivity index (χ2v) is 5.92. The molecule has 2 rings (SSSR count). The van der Waals surface area contributed by atoms with Crippen molar-refractivity contribution in [3.63, 3.8) is 0 Å². The van der Waals surface area contributed by atoms with Gasteiger partial charge in [0.15, 0.2) is 5.96 Å². The lowest BCUT2D eigenvalue weighted by Crippen LogP contribution is -2.38. The van der Waals surface area contributed by atoms with E-state index in [4.69, 9.17) is 18.6 Å². The molecule has 0 atom stereocenters. The van der Waals surface area contributed by atoms with Gasteiger partial charge in [-0.15, -0.1) is 24.0 Å². The third kappa shape index (κ3) is 10.5. The number of hydrogen-bond acceptors (Lipinski definition) is 6. The van der Waals surface area contributed by atoms with Crippen molar-refractivity contribution in [2.24, 2.45) is 4.99 Å². The highest BCUT2D eigenvalue weighted by Gasteiger charge is 2.05. The number of methoxy groups -OCH3 is 1. The highest BCUT2D eigenvalue weighted by atomic mass is 127. The Bertz CT molecular complexity index is 683. The van der Waals surface area contributed by atoms with Crippen LogP contribution in [0.25, 0.3) is 0 Å². The minimum atomic E-state index is 0. The number of nitrogens with one attached hydrogen (secondary N) is 2. The largest absolute Gasteiger partial charge is 0.475 e. The van der Waals surface area contributed by atoms with Crippen LogP contribution >= 0.6 is 24.0 Å². The molecular formula is C20H31IN4O4. The number of furan rings is 1. The molecule has 29 heavy (non-hydrogen) atoms. The van der Waals surface area contributed by atoms with Crippen LogP contribution in [0.5, 0.6) is 5.88 Å². The summed E-state index contributed by atoms with van der Waals surface area (Å²) in [6, 6.07) is 7.60. The Balaban J connectivity index is 0.00000420. The Morgan fingerprint density at radius 2 is 2.07 bits per heavy atom. The summed E-state index contributed by atoms with van der Waals surface area (Å²) < 4.78 is 21.5. The van der Waals surface area contributed by atoms with E-state index in [9.17, 15) is 0 Å². The maximum absolute atomic E-state index is 5.66. The summed E-state index contributed by atoms with van der Waals surface area (Å²) in [5.41, 5.74) is 0.928. The summed E-state index contributed by atoms with van der Waals surface area (Å²) in [4.78, 5) is 8.90. The van der Waals surface area contributed by atoms with Crippen molar-refractivity contribution in [2.75, 3.05) is 40.0 Å². The molecule has 0 saturated heterocycles. The molecule has 0 bridgehead atoms. The van der Waals surface area contributed by atoms with Gasteiger partial charge in [0.2, 0.25) is 5.88 Å². The second-order valence-electron chi connectivity index (χ2n) is 5.92. The van der Waals surface area contributed by atoms with Gasteiger partial charge in [-0.25, -0.2) is 9.98 Å². The number of aromatic nitrogens is 1. The molecule has 0 amide bonds. The summed E-state index contributed by atoms with van der Waals surface area (Å²) in [5.74, 6) is 2.17. The van der Waals surface area contributed by atoms with E-state index in [1.54, 1.807) is 19.6 Å². The monoisotopic (exact) mass is 518 g/mol. The van der Waals surface area contributed by atoms with Crippen LogP contribution in [0.4, 0.5) is 0 Å². The van der Waals surface area contributed by atoms with E-state index in [0.29, 0.717) is 38.9 Å². The Hall–Kier alpha value is -1.85. The summed E-state index contributed by atoms with van der Waals surface area (Å²) in [6.45, 7) is 6.17. The molecule has 2 aromatic rings. The molecule has 2 aromatic heterocycles. The quantitative estimate of drug-likeness (QED) is 0.182. The van der Waals surface area contributed by atoms with Crippen LogP contribution in [0.1, 0.15) is 24.7 Å². The van der Waals surface area contributed by atoms with Crippen molar-refractivity contribution in [2.45, 2.75) is 26.5 Å². The molecule has 0 aliphatic rings. The van der Waals surface area contributed by atoms with Crippen LogP contribution in [0.15, 0.2) is 46.1 Å². The first-order valence-electron chi connectivity index (χ1n) is 9.51. The zero-order valence-electron chi connectivity index (χ0n) is 17.1. The lowest BCUT2D eigenvalue weighted by Gasteiger charge is -2.12. The number of hydrogen-bond donors (Lipinski definition) is 2. The average Bonchev–Trinajstić information content (AvgIpc) is 3.23. The minimum absolute atomic E-state index is 0. The number of nitrogens with zero attached hydrogens (tertiary/aromatic N) is 2. The lowest BCUT2D eigenvalue weighted by atomic mass is 10.3. The van der Waals surface area contributed by atoms with E-state index in [-0.39, 0.29) is 24.0 Å². The van der Waals surface area contributed by atoms with Crippen LogP contribution in [0.3, 0.4) is 0 Å². The Kier molecular flexibility index (Phi) is 13.9. The van der Waals surface area contributed by atoms with E-state index >= 15 is 0 Å². The number of guanidine groups is 1. The minimum Gasteiger partial charge on any atom is -0.475 e. The number of pyridine rings is 1. The standard InChI is InChI=1S/C20H30N4O4.HI/c1-3-21-20(23-10-6-11-26-16-18-8-5-12-27-18)24-15-17-7-4-9-22-19(17)28-14-13-25-2;/h4-5,7-9,12H,3,6,10-11,13-16H2,1-2H3,(H2,21,23,24);1H. The van der Waals surface area contributed by atoms with Gasteiger partial charge >= 0.3 is 0 Å². The van der Waals surface area contributed by atoms with E-state index in [0.717, 1.165) is 36.8 Å². The highest BCUT2D eigenvalue weighted by Crippen LogP contribution is 2.15. The molecule has 0 aromatic carbocycles. The molecule has 0 saturated carbocycles. The Labute approximate surface area is 189 Å². The lowest BCUT2D eigenvalue weighted by molar-refractivity contribution is 0.105. The molecule has 0 spiro atoms. The first-order valence-corrected chi connectivity index (χ1v) is 9.51. The van der Waals surface area contributed by atoms with E-state index in [1.807, 2.05) is 31.2 Å². The van der Waals surface area contributed by atoms with Gasteiger partial charge in [-0.2, -0.15) is 0 Å². The van der Waals surface area contributed by atoms with E-state index < -0.39 is 0 Å². The fraction of sp³-hybridized carbons (Fsp3) is 0.500. The van der Waals surface area contributed by atoms with Crippen LogP contribution < -0.4 is 15.4 Å². The molecule has 0 fully saturated rings. The van der Waals surface area contributed by atoms with E-state index in [1.165, 1.54) is 0 Å². The van der Waals surface area contributed by atoms with E-state index in [2.05, 4.69) is 20.6 Å². The van der Waals surface area contributed by atoms with Crippen molar-refractivity contribution in [3.05, 3.63) is 48.0 Å².